The summed E-state index contributed by atoms with van der Waals surface area (Å²) in [6.45, 7) is 2.18. The van der Waals surface area contributed by atoms with Crippen molar-refractivity contribution in [3.05, 3.63) is 35.9 Å². The number of halogens is 2. The lowest BCUT2D eigenvalue weighted by molar-refractivity contribution is -0.116. The summed E-state index contributed by atoms with van der Waals surface area (Å²) >= 11 is 0. The molecule has 2 amide bonds. The summed E-state index contributed by atoms with van der Waals surface area (Å²) in [7, 11) is 1.43. The molecule has 8 heteroatoms. The summed E-state index contributed by atoms with van der Waals surface area (Å²) < 4.78 is 29.6. The van der Waals surface area contributed by atoms with Crippen molar-refractivity contribution in [1.82, 2.24) is 5.32 Å². The number of amides is 2. The van der Waals surface area contributed by atoms with E-state index < -0.39 is 24.2 Å². The standard InChI is InChI=1S/C15H17F2N3O3/c1-4-10(8(2)14(22)19-3)20-11-7-5-6-9(13(18)21)12(11)23-15(16)17/h5-7,15H,2,4H2,1,3H3,(H2,18,21)(H,19,22). The highest BCUT2D eigenvalue weighted by molar-refractivity contribution is 6.21. The van der Waals surface area contributed by atoms with Crippen molar-refractivity contribution in [2.45, 2.75) is 20.0 Å². The number of ether oxygens (including phenoxy) is 1. The maximum absolute atomic E-state index is 12.6. The Bertz CT molecular complexity index is 657. The first-order valence-electron chi connectivity index (χ1n) is 6.68. The van der Waals surface area contributed by atoms with Crippen LogP contribution in [0.15, 0.2) is 35.3 Å². The van der Waals surface area contributed by atoms with Crippen molar-refractivity contribution < 1.29 is 23.1 Å². The van der Waals surface area contributed by atoms with Crippen LogP contribution in [0.3, 0.4) is 0 Å². The smallest absolute Gasteiger partial charge is 0.387 e. The molecule has 3 N–H and O–H groups in total. The number of nitrogens with zero attached hydrogens (tertiary/aromatic N) is 1. The molecule has 0 unspecified atom stereocenters. The lowest BCUT2D eigenvalue weighted by Crippen LogP contribution is -2.23. The minimum absolute atomic E-state index is 0.0384. The topological polar surface area (TPSA) is 93.8 Å². The SMILES string of the molecule is C=C(C(=O)NC)C(CC)=Nc1cccc(C(N)=O)c1OC(F)F. The molecule has 1 aromatic carbocycles. The Labute approximate surface area is 132 Å². The Kier molecular flexibility index (Phi) is 6.37. The van der Waals surface area contributed by atoms with E-state index in [0.29, 0.717) is 6.42 Å². The molecule has 0 radical (unpaired) electrons. The van der Waals surface area contributed by atoms with Crippen LogP contribution in [0.5, 0.6) is 5.75 Å². The first kappa shape index (κ1) is 18.3. The molecule has 1 aromatic rings. The Morgan fingerprint density at radius 3 is 2.57 bits per heavy atom. The number of nitrogens with two attached hydrogens (primary N) is 1. The molecule has 0 bridgehead atoms. The van der Waals surface area contributed by atoms with Crippen molar-refractivity contribution >= 4 is 23.2 Å². The van der Waals surface area contributed by atoms with Gasteiger partial charge >= 0.3 is 6.61 Å². The first-order valence-corrected chi connectivity index (χ1v) is 6.68. The van der Waals surface area contributed by atoms with Crippen LogP contribution >= 0.6 is 0 Å². The van der Waals surface area contributed by atoms with E-state index in [1.807, 2.05) is 0 Å². The molecular weight excluding hydrogens is 308 g/mol. The largest absolute Gasteiger partial charge is 0.432 e. The van der Waals surface area contributed by atoms with Gasteiger partial charge in [-0.1, -0.05) is 19.6 Å². The van der Waals surface area contributed by atoms with Gasteiger partial charge in [0.15, 0.2) is 5.75 Å². The molecule has 0 heterocycles. The highest BCUT2D eigenvalue weighted by atomic mass is 19.3. The molecule has 0 aliphatic carbocycles. The number of para-hydroxylation sites is 1. The number of aliphatic imine (C=N–C) groups is 1. The number of carbonyl (C=O) groups excluding carboxylic acids is 2. The lowest BCUT2D eigenvalue weighted by Gasteiger charge is -2.13. The Morgan fingerprint density at radius 1 is 1.43 bits per heavy atom. The predicted octanol–water partition coefficient (Wildman–Crippen LogP) is 2.17. The van der Waals surface area contributed by atoms with Crippen molar-refractivity contribution in [2.75, 3.05) is 7.05 Å². The van der Waals surface area contributed by atoms with Crippen LogP contribution in [0.4, 0.5) is 14.5 Å². The maximum atomic E-state index is 12.6. The summed E-state index contributed by atoms with van der Waals surface area (Å²) in [5.41, 5.74) is 5.24. The van der Waals surface area contributed by atoms with Crippen LogP contribution in [0.25, 0.3) is 0 Å². The number of carbonyl (C=O) groups is 2. The van der Waals surface area contributed by atoms with E-state index in [-0.39, 0.29) is 22.5 Å². The average Bonchev–Trinajstić information content (AvgIpc) is 2.51. The van der Waals surface area contributed by atoms with Crippen LogP contribution < -0.4 is 15.8 Å². The minimum atomic E-state index is -3.16. The van der Waals surface area contributed by atoms with Crippen LogP contribution in [0.2, 0.25) is 0 Å². The molecule has 6 nitrogen and oxygen atoms in total. The van der Waals surface area contributed by atoms with Gasteiger partial charge < -0.3 is 15.8 Å². The molecule has 0 aromatic heterocycles. The molecule has 0 saturated carbocycles. The van der Waals surface area contributed by atoms with E-state index in [1.54, 1.807) is 6.92 Å². The maximum Gasteiger partial charge on any atom is 0.387 e. The van der Waals surface area contributed by atoms with E-state index in [0.717, 1.165) is 0 Å². The Balaban J connectivity index is 3.42. The average molecular weight is 325 g/mol. The minimum Gasteiger partial charge on any atom is -0.432 e. The van der Waals surface area contributed by atoms with E-state index >= 15 is 0 Å². The lowest BCUT2D eigenvalue weighted by atomic mass is 10.1. The van der Waals surface area contributed by atoms with Crippen LogP contribution in [0, 0.1) is 0 Å². The van der Waals surface area contributed by atoms with Gasteiger partial charge in [0, 0.05) is 7.05 Å². The number of likely N-dealkylation sites (N-methyl/N-ethyl adjacent to an activating group) is 1. The first-order chi connectivity index (χ1) is 10.8. The molecule has 0 spiro atoms. The molecule has 124 valence electrons. The van der Waals surface area contributed by atoms with Crippen LogP contribution in [-0.2, 0) is 4.79 Å². The zero-order valence-electron chi connectivity index (χ0n) is 12.7. The van der Waals surface area contributed by atoms with Gasteiger partial charge in [-0.3, -0.25) is 9.59 Å². The second-order valence-corrected chi connectivity index (χ2v) is 4.37. The summed E-state index contributed by atoms with van der Waals surface area (Å²) in [6, 6.07) is 4.04. The zero-order valence-corrected chi connectivity index (χ0v) is 12.7. The fourth-order valence-corrected chi connectivity index (χ4v) is 1.81. The number of primary amides is 1. The fourth-order valence-electron chi connectivity index (χ4n) is 1.81. The summed E-state index contributed by atoms with van der Waals surface area (Å²) in [6.07, 6.45) is 0.321. The number of nitrogens with one attached hydrogen (secondary N) is 1. The van der Waals surface area contributed by atoms with Crippen molar-refractivity contribution in [3.63, 3.8) is 0 Å². The van der Waals surface area contributed by atoms with E-state index in [9.17, 15) is 18.4 Å². The van der Waals surface area contributed by atoms with Gasteiger partial charge in [-0.25, -0.2) is 4.99 Å². The molecule has 23 heavy (non-hydrogen) atoms. The zero-order chi connectivity index (χ0) is 17.6. The molecule has 1 rings (SSSR count). The van der Waals surface area contributed by atoms with Gasteiger partial charge in [0.05, 0.1) is 16.8 Å². The molecule has 0 fully saturated rings. The van der Waals surface area contributed by atoms with E-state index in [2.05, 4.69) is 21.6 Å². The van der Waals surface area contributed by atoms with Crippen molar-refractivity contribution in [1.29, 1.82) is 0 Å². The number of hydrogen-bond acceptors (Lipinski definition) is 4. The Hall–Kier alpha value is -2.77. The highest BCUT2D eigenvalue weighted by Gasteiger charge is 2.19. The third-order valence-electron chi connectivity index (χ3n) is 2.91. The monoisotopic (exact) mass is 325 g/mol. The molecule has 0 aliphatic rings. The van der Waals surface area contributed by atoms with Gasteiger partial charge in [0.2, 0.25) is 0 Å². The normalized spacial score (nSPS) is 11.3. The van der Waals surface area contributed by atoms with E-state index in [1.165, 1.54) is 25.2 Å². The number of alkyl halides is 2. The van der Waals surface area contributed by atoms with Gasteiger partial charge in [0.25, 0.3) is 11.8 Å². The summed E-state index contributed by atoms with van der Waals surface area (Å²) in [4.78, 5) is 27.1. The fraction of sp³-hybridized carbons (Fsp3) is 0.267. The Morgan fingerprint density at radius 2 is 2.09 bits per heavy atom. The van der Waals surface area contributed by atoms with Crippen molar-refractivity contribution in [3.8, 4) is 5.75 Å². The van der Waals surface area contributed by atoms with Crippen molar-refractivity contribution in [2.24, 2.45) is 10.7 Å². The predicted molar refractivity (Wildman–Crippen MR) is 82.2 cm³/mol. The number of benzene rings is 1. The molecule has 0 saturated heterocycles. The van der Waals surface area contributed by atoms with Gasteiger partial charge in [-0.2, -0.15) is 8.78 Å². The van der Waals surface area contributed by atoms with Gasteiger partial charge in [-0.05, 0) is 18.6 Å². The quantitative estimate of drug-likeness (QED) is 0.594. The number of rotatable bonds is 7. The third kappa shape index (κ3) is 4.60. The second kappa shape index (κ2) is 8.02. The second-order valence-electron chi connectivity index (χ2n) is 4.37. The van der Waals surface area contributed by atoms with Crippen LogP contribution in [0.1, 0.15) is 23.7 Å². The molecule has 0 atom stereocenters. The van der Waals surface area contributed by atoms with Gasteiger partial charge in [-0.15, -0.1) is 0 Å². The van der Waals surface area contributed by atoms with E-state index in [4.69, 9.17) is 5.73 Å². The highest BCUT2D eigenvalue weighted by Crippen LogP contribution is 2.33. The summed E-state index contributed by atoms with van der Waals surface area (Å²) in [5.74, 6) is -1.82. The summed E-state index contributed by atoms with van der Waals surface area (Å²) in [5, 5.41) is 2.40. The van der Waals surface area contributed by atoms with Crippen LogP contribution in [-0.4, -0.2) is 31.2 Å². The number of hydrogen-bond donors (Lipinski definition) is 2. The van der Waals surface area contributed by atoms with Gasteiger partial charge in [0.1, 0.15) is 5.69 Å². The molecule has 0 aliphatic heterocycles. The molecular formula is C15H17F2N3O3. The third-order valence-corrected chi connectivity index (χ3v) is 2.91.